The van der Waals surface area contributed by atoms with Crippen LogP contribution in [0, 0.1) is 0 Å². The zero-order chi connectivity index (χ0) is 44.6. The van der Waals surface area contributed by atoms with E-state index < -0.39 is 0 Å². The lowest BCUT2D eigenvalue weighted by Crippen LogP contribution is -2.65. The van der Waals surface area contributed by atoms with E-state index >= 15 is 0 Å². The van der Waals surface area contributed by atoms with Crippen LogP contribution in [0.3, 0.4) is 0 Å². The molecule has 67 heavy (non-hydrogen) atoms. The molecule has 7 aromatic carbocycles. The maximum absolute atomic E-state index is 7.06. The van der Waals surface area contributed by atoms with Crippen LogP contribution in [0.2, 0.25) is 0 Å². The van der Waals surface area contributed by atoms with Gasteiger partial charge in [0.15, 0.2) is 11.5 Å². The summed E-state index contributed by atoms with van der Waals surface area (Å²) in [6.45, 7) is -0.671. The maximum atomic E-state index is 7.06. The smallest absolute Gasteiger partial charge is 0.305 e. The van der Waals surface area contributed by atoms with Crippen molar-refractivity contribution in [3.63, 3.8) is 0 Å². The van der Waals surface area contributed by atoms with E-state index in [1.54, 1.807) is 59.2 Å². The number of benzene rings is 7. The van der Waals surface area contributed by atoms with E-state index in [0.29, 0.717) is 0 Å². The molecule has 8 heterocycles. The van der Waals surface area contributed by atoms with Gasteiger partial charge in [-0.2, -0.15) is 0 Å². The molecule has 9 aromatic rings. The van der Waals surface area contributed by atoms with Crippen LogP contribution in [0.15, 0.2) is 133 Å². The molecule has 0 aliphatic carbocycles. The number of furan rings is 2. The first-order chi connectivity index (χ1) is 32.9. The normalized spacial score (nSPS) is 14.7. The average molecular weight is 963 g/mol. The van der Waals surface area contributed by atoms with Crippen molar-refractivity contribution in [1.29, 1.82) is 0 Å². The van der Waals surface area contributed by atoms with E-state index in [9.17, 15) is 0 Å². The molecule has 0 bridgehead atoms. The minimum Gasteiger partial charge on any atom is -0.466 e. The number of nitrogens with zero attached hydrogens (tertiary/aromatic N) is 2. The van der Waals surface area contributed by atoms with Crippen molar-refractivity contribution in [2.45, 2.75) is 14.7 Å². The minimum absolute atomic E-state index is 0.155. The Balaban J connectivity index is 1.00. The molecule has 322 valence electrons. The van der Waals surface area contributed by atoms with Crippen LogP contribution in [0.25, 0.3) is 21.9 Å². The van der Waals surface area contributed by atoms with Crippen LogP contribution in [0.4, 0.5) is 22.7 Å². The highest BCUT2D eigenvalue weighted by molar-refractivity contribution is 8.01. The number of para-hydroxylation sites is 2. The van der Waals surface area contributed by atoms with Gasteiger partial charge in [0.2, 0.25) is 0 Å². The molecule has 0 amide bonds. The molecule has 0 unspecified atom stereocenters. The van der Waals surface area contributed by atoms with Crippen molar-refractivity contribution in [2.75, 3.05) is 39.9 Å². The quantitative estimate of drug-likeness (QED) is 0.0940. The second-order valence-corrected chi connectivity index (χ2v) is 21.4. The molecule has 6 aliphatic heterocycles. The highest BCUT2D eigenvalue weighted by Crippen LogP contribution is 2.48. The van der Waals surface area contributed by atoms with E-state index in [2.05, 4.69) is 113 Å². The first-order valence-electron chi connectivity index (χ1n) is 21.9. The van der Waals surface area contributed by atoms with Crippen LogP contribution in [0.1, 0.15) is 0 Å². The number of rotatable bonds is 5. The first kappa shape index (κ1) is 39.4. The van der Waals surface area contributed by atoms with Crippen molar-refractivity contribution in [2.24, 2.45) is 0 Å². The lowest BCUT2D eigenvalue weighted by Gasteiger charge is -2.44. The van der Waals surface area contributed by atoms with Gasteiger partial charge in [0, 0.05) is 50.3 Å². The Morgan fingerprint density at radius 3 is 1.24 bits per heavy atom. The third kappa shape index (κ3) is 5.23. The molecule has 0 atom stereocenters. The zero-order valence-corrected chi connectivity index (χ0v) is 40.6. The summed E-state index contributed by atoms with van der Waals surface area (Å²) in [6, 6.07) is 39.0. The molecule has 0 saturated heterocycles. The Morgan fingerprint density at radius 1 is 0.388 bits per heavy atom. The van der Waals surface area contributed by atoms with Crippen molar-refractivity contribution < 1.29 is 27.8 Å². The lowest BCUT2D eigenvalue weighted by atomic mass is 9.30. The van der Waals surface area contributed by atoms with E-state index in [-0.39, 0.29) is 20.1 Å². The Hall–Kier alpha value is -5.64. The highest BCUT2D eigenvalue weighted by atomic mass is 32.2. The molecule has 8 nitrogen and oxygen atoms in total. The van der Waals surface area contributed by atoms with Gasteiger partial charge in [-0.05, 0) is 131 Å². The summed E-state index contributed by atoms with van der Waals surface area (Å²) >= 11 is 8.56. The van der Waals surface area contributed by atoms with Gasteiger partial charge in [0.25, 0.3) is 6.71 Å². The summed E-state index contributed by atoms with van der Waals surface area (Å²) in [5.41, 5.74) is 15.4. The number of thioether (sulfide) groups is 3. The summed E-state index contributed by atoms with van der Waals surface area (Å²) in [6.07, 6.45) is 10.7. The SMILES string of the molecule is CSc1cc2c3c(c1)Oc1c(oc4ccccc14)B3c1cc3c(cc1O2)N(SC)c1cc(SC)cc2c1B3c1cc3c(cc1N2SC)Oc1cc(SC)cc2c1B3c1oc3ccccc3c1O2. The van der Waals surface area contributed by atoms with Gasteiger partial charge in [-0.1, -0.05) is 36.4 Å². The Bertz CT molecular complexity index is 3500. The average Bonchev–Trinajstić information content (AvgIpc) is 3.93. The highest BCUT2D eigenvalue weighted by Gasteiger charge is 2.51. The molecule has 0 spiro atoms. The van der Waals surface area contributed by atoms with Gasteiger partial charge in [-0.25, -0.2) is 0 Å². The standard InChI is InChI=1S/C51H33B3N2O6S5/c1-63-24-14-35-45-36(15-24)56(67-5)34-23-40-32(54-47-42(58-40)17-26(65-3)19-44(47)60-49-28-11-7-9-13-38(28)62-51(49)54)21-30(34)52(45)29-20-31-39(22-33(29)55(35)66-4)57-41-16-25(64-2)18-43-46(41)53(31)50-48(59-43)27-10-6-8-12-37(27)61-50/h6-23H,1-5H3. The molecule has 0 saturated carbocycles. The van der Waals surface area contributed by atoms with Gasteiger partial charge in [0.05, 0.1) is 33.5 Å². The molecular weight excluding hydrogens is 929 g/mol. The van der Waals surface area contributed by atoms with E-state index in [1.807, 2.05) is 36.4 Å². The van der Waals surface area contributed by atoms with Crippen LogP contribution >= 0.6 is 59.2 Å². The topological polar surface area (TPSA) is 69.7 Å². The fraction of sp³-hybridized carbons (Fsp3) is 0.0980. The first-order valence-corrected chi connectivity index (χ1v) is 27.9. The van der Waals surface area contributed by atoms with Gasteiger partial charge in [-0.3, -0.25) is 8.61 Å². The summed E-state index contributed by atoms with van der Waals surface area (Å²) < 4.78 is 46.2. The monoisotopic (exact) mass is 962 g/mol. The number of hydrogen-bond donors (Lipinski definition) is 0. The van der Waals surface area contributed by atoms with Gasteiger partial charge >= 0.3 is 13.4 Å². The van der Waals surface area contributed by atoms with Crippen LogP contribution < -0.4 is 77.1 Å². The van der Waals surface area contributed by atoms with Gasteiger partial charge < -0.3 is 27.8 Å². The molecule has 6 aliphatic rings. The molecule has 16 heteroatoms. The number of ether oxygens (including phenoxy) is 4. The van der Waals surface area contributed by atoms with Crippen molar-refractivity contribution in [3.05, 3.63) is 109 Å². The fourth-order valence-electron chi connectivity index (χ4n) is 11.4. The molecular formula is C51H33B3N2O6S5. The predicted molar refractivity (Wildman–Crippen MR) is 286 cm³/mol. The Kier molecular flexibility index (Phi) is 8.35. The zero-order valence-electron chi connectivity index (χ0n) is 36.5. The number of hydrogen-bond acceptors (Lipinski definition) is 13. The fourth-order valence-corrected chi connectivity index (χ4v) is 14.2. The van der Waals surface area contributed by atoms with Gasteiger partial charge in [0.1, 0.15) is 57.0 Å². The van der Waals surface area contributed by atoms with Gasteiger partial charge in [-0.15, -0.1) is 35.3 Å². The van der Waals surface area contributed by atoms with Crippen molar-refractivity contribution >= 4 is 174 Å². The third-order valence-corrected chi connectivity index (χ3v) is 17.8. The van der Waals surface area contributed by atoms with Crippen LogP contribution in [-0.4, -0.2) is 51.4 Å². The van der Waals surface area contributed by atoms with E-state index in [1.165, 1.54) is 32.7 Å². The second kappa shape index (κ2) is 14.2. The molecule has 0 N–H and O–H groups in total. The molecule has 15 rings (SSSR count). The summed E-state index contributed by atoms with van der Waals surface area (Å²) in [5, 5.41) is 1.92. The van der Waals surface area contributed by atoms with Crippen molar-refractivity contribution in [3.8, 4) is 46.0 Å². The maximum Gasteiger partial charge on any atom is 0.305 e. The molecule has 2 aromatic heterocycles. The van der Waals surface area contributed by atoms with E-state index in [4.69, 9.17) is 27.8 Å². The molecule has 0 radical (unpaired) electrons. The second-order valence-electron chi connectivity index (χ2n) is 17.3. The Morgan fingerprint density at radius 2 is 0.806 bits per heavy atom. The summed E-state index contributed by atoms with van der Waals surface area (Å²) in [7, 11) is 0. The van der Waals surface area contributed by atoms with E-state index in [0.717, 1.165) is 122 Å². The van der Waals surface area contributed by atoms with Crippen LogP contribution in [0.5, 0.6) is 46.0 Å². The third-order valence-electron chi connectivity index (χ3n) is 14.2. The largest absolute Gasteiger partial charge is 0.466 e. The summed E-state index contributed by atoms with van der Waals surface area (Å²) in [5.74, 6) is 6.34. The van der Waals surface area contributed by atoms with Crippen molar-refractivity contribution in [1.82, 2.24) is 0 Å². The van der Waals surface area contributed by atoms with Crippen LogP contribution in [-0.2, 0) is 0 Å². The lowest BCUT2D eigenvalue weighted by molar-refractivity contribution is 0.458. The molecule has 0 fully saturated rings. The number of fused-ring (bicyclic) bond motifs is 16. The predicted octanol–water partition coefficient (Wildman–Crippen LogP) is 8.78. The number of anilines is 4. The summed E-state index contributed by atoms with van der Waals surface area (Å²) in [4.78, 5) is 3.34. The minimum atomic E-state index is -0.258. The Labute approximate surface area is 408 Å².